The van der Waals surface area contributed by atoms with Crippen molar-refractivity contribution >= 4 is 34.2 Å². The number of carbonyl (C=O) groups excluding carboxylic acids is 1. The van der Waals surface area contributed by atoms with Gasteiger partial charge in [-0.3, -0.25) is 9.20 Å². The first-order chi connectivity index (χ1) is 15.0. The smallest absolute Gasteiger partial charge is 0.230 e. The van der Waals surface area contributed by atoms with Gasteiger partial charge in [-0.05, 0) is 93.2 Å². The van der Waals surface area contributed by atoms with E-state index in [2.05, 4.69) is 58.0 Å². The zero-order valence-electron chi connectivity index (χ0n) is 18.3. The van der Waals surface area contributed by atoms with E-state index in [0.717, 1.165) is 34.1 Å². The zero-order chi connectivity index (χ0) is 21.2. The minimum atomic E-state index is 0.112. The quantitative estimate of drug-likeness (QED) is 0.574. The Kier molecular flexibility index (Phi) is 4.57. The first-order valence-electron chi connectivity index (χ1n) is 11.7. The lowest BCUT2D eigenvalue weighted by atomic mass is 9.48. The normalized spacial score (nSPS) is 30.2. The van der Waals surface area contributed by atoms with Gasteiger partial charge in [-0.15, -0.1) is 10.2 Å². The number of thioether (sulfide) groups is 1. The fraction of sp³-hybridized carbons (Fsp3) is 0.560. The van der Waals surface area contributed by atoms with Crippen molar-refractivity contribution in [2.45, 2.75) is 63.6 Å². The highest BCUT2D eigenvalue weighted by molar-refractivity contribution is 7.99. The number of nitrogens with zero attached hydrogens (tertiary/aromatic N) is 3. The molecule has 7 rings (SSSR count). The second-order valence-corrected chi connectivity index (χ2v) is 11.3. The number of fused-ring (bicyclic) bond motifs is 3. The highest BCUT2D eigenvalue weighted by atomic mass is 32.2. The van der Waals surface area contributed by atoms with Crippen LogP contribution in [0, 0.1) is 30.1 Å². The molecular weight excluding hydrogens is 404 g/mol. The molecule has 0 unspecified atom stereocenters. The Labute approximate surface area is 187 Å². The van der Waals surface area contributed by atoms with Crippen LogP contribution in [0.15, 0.2) is 35.5 Å². The van der Waals surface area contributed by atoms with Crippen LogP contribution in [0.4, 0.5) is 0 Å². The highest BCUT2D eigenvalue weighted by Crippen LogP contribution is 2.61. The molecule has 3 aromatic rings. The lowest BCUT2D eigenvalue weighted by molar-refractivity contribution is -0.123. The van der Waals surface area contributed by atoms with Gasteiger partial charge in [0.05, 0.1) is 11.3 Å². The van der Waals surface area contributed by atoms with Gasteiger partial charge in [-0.25, -0.2) is 0 Å². The Morgan fingerprint density at radius 1 is 1.16 bits per heavy atom. The van der Waals surface area contributed by atoms with E-state index in [1.54, 1.807) is 0 Å². The van der Waals surface area contributed by atoms with Crippen LogP contribution in [-0.2, 0) is 4.79 Å². The fourth-order valence-electron chi connectivity index (χ4n) is 7.24. The molecule has 4 aliphatic carbocycles. The molecule has 4 aliphatic rings. The number of rotatable bonds is 5. The third kappa shape index (κ3) is 3.25. The molecule has 0 spiro atoms. The summed E-state index contributed by atoms with van der Waals surface area (Å²) in [6, 6.07) is 10.6. The Morgan fingerprint density at radius 3 is 2.55 bits per heavy atom. The van der Waals surface area contributed by atoms with Gasteiger partial charge in [0.2, 0.25) is 5.91 Å². The maximum atomic E-state index is 12.9. The number of carbonyl (C=O) groups is 1. The Balaban J connectivity index is 1.17. The molecule has 1 amide bonds. The van der Waals surface area contributed by atoms with Crippen LogP contribution in [0.2, 0.25) is 0 Å². The van der Waals surface area contributed by atoms with Crippen molar-refractivity contribution in [2.75, 3.05) is 5.75 Å². The largest absolute Gasteiger partial charge is 0.352 e. The zero-order valence-corrected chi connectivity index (χ0v) is 19.1. The van der Waals surface area contributed by atoms with Crippen LogP contribution in [0.5, 0.6) is 0 Å². The Hall–Kier alpha value is -2.08. The molecule has 1 atom stereocenters. The van der Waals surface area contributed by atoms with Crippen molar-refractivity contribution in [3.05, 3.63) is 35.9 Å². The van der Waals surface area contributed by atoms with Crippen LogP contribution in [0.3, 0.4) is 0 Å². The second-order valence-electron chi connectivity index (χ2n) is 10.4. The van der Waals surface area contributed by atoms with Gasteiger partial charge < -0.3 is 5.32 Å². The van der Waals surface area contributed by atoms with E-state index in [4.69, 9.17) is 0 Å². The van der Waals surface area contributed by atoms with Crippen LogP contribution in [-0.4, -0.2) is 32.3 Å². The van der Waals surface area contributed by atoms with E-state index in [1.165, 1.54) is 61.2 Å². The van der Waals surface area contributed by atoms with E-state index in [-0.39, 0.29) is 11.9 Å². The summed E-state index contributed by atoms with van der Waals surface area (Å²) in [4.78, 5) is 12.9. The number of pyridine rings is 1. The summed E-state index contributed by atoms with van der Waals surface area (Å²) in [5.74, 6) is 3.19. The summed E-state index contributed by atoms with van der Waals surface area (Å²) in [6.45, 7) is 4.35. The van der Waals surface area contributed by atoms with Gasteiger partial charge in [0.25, 0.3) is 0 Å². The summed E-state index contributed by atoms with van der Waals surface area (Å²) in [6.07, 6.45) is 8.24. The molecule has 5 nitrogen and oxygen atoms in total. The lowest BCUT2D eigenvalue weighted by Gasteiger charge is -2.59. The average molecular weight is 435 g/mol. The molecule has 2 aromatic heterocycles. The number of benzene rings is 1. The molecule has 4 saturated carbocycles. The molecule has 31 heavy (non-hydrogen) atoms. The average Bonchev–Trinajstić information content (AvgIpc) is 3.14. The van der Waals surface area contributed by atoms with Crippen molar-refractivity contribution in [1.29, 1.82) is 0 Å². The molecule has 0 aliphatic heterocycles. The first kappa shape index (κ1) is 19.6. The SMILES string of the molecule is Cc1cc2nnc(SCC(=O)N[C@@H](C)C34CC5CC(CC(C5)C3)C4)n2c2ccccc12. The fourth-order valence-corrected chi connectivity index (χ4v) is 8.01. The van der Waals surface area contributed by atoms with Crippen molar-refractivity contribution in [1.82, 2.24) is 19.9 Å². The standard InChI is InChI=1S/C25H30N4OS/c1-15-7-22-27-28-24(29(22)21-6-4-3-5-20(15)21)31-14-23(30)26-16(2)25-11-17-8-18(12-25)10-19(9-17)13-25/h3-7,16-19H,8-14H2,1-2H3,(H,26,30)/t16-,17?,18?,19?,25?/m0/s1. The minimum absolute atomic E-state index is 0.112. The van der Waals surface area contributed by atoms with Gasteiger partial charge in [0, 0.05) is 11.4 Å². The maximum absolute atomic E-state index is 12.9. The van der Waals surface area contributed by atoms with Gasteiger partial charge in [-0.2, -0.15) is 0 Å². The minimum Gasteiger partial charge on any atom is -0.352 e. The molecule has 4 fully saturated rings. The predicted molar refractivity (Wildman–Crippen MR) is 124 cm³/mol. The third-order valence-corrected chi connectivity index (χ3v) is 9.22. The van der Waals surface area contributed by atoms with Gasteiger partial charge in [0.1, 0.15) is 0 Å². The van der Waals surface area contributed by atoms with Gasteiger partial charge >= 0.3 is 0 Å². The number of aryl methyl sites for hydroxylation is 1. The van der Waals surface area contributed by atoms with Crippen LogP contribution >= 0.6 is 11.8 Å². The number of nitrogens with one attached hydrogen (secondary N) is 1. The Bertz CT molecular complexity index is 1130. The van der Waals surface area contributed by atoms with E-state index >= 15 is 0 Å². The lowest BCUT2D eigenvalue weighted by Crippen LogP contribution is -2.56. The highest BCUT2D eigenvalue weighted by Gasteiger charge is 2.53. The first-order valence-corrected chi connectivity index (χ1v) is 12.6. The van der Waals surface area contributed by atoms with Crippen LogP contribution < -0.4 is 5.32 Å². The van der Waals surface area contributed by atoms with Crippen molar-refractivity contribution in [3.8, 4) is 0 Å². The number of hydrogen-bond donors (Lipinski definition) is 1. The molecule has 1 aromatic carbocycles. The van der Waals surface area contributed by atoms with Gasteiger partial charge in [-0.1, -0.05) is 30.0 Å². The monoisotopic (exact) mass is 434 g/mol. The molecule has 1 N–H and O–H groups in total. The molecule has 2 heterocycles. The van der Waals surface area contributed by atoms with Gasteiger partial charge in [0.15, 0.2) is 10.8 Å². The summed E-state index contributed by atoms with van der Waals surface area (Å²) in [5, 5.41) is 14.1. The molecular formula is C25H30N4OS. The van der Waals surface area contributed by atoms with E-state index in [9.17, 15) is 4.79 Å². The van der Waals surface area contributed by atoms with E-state index in [0.29, 0.717) is 11.2 Å². The van der Waals surface area contributed by atoms with E-state index in [1.807, 2.05) is 6.07 Å². The van der Waals surface area contributed by atoms with Crippen LogP contribution in [0.25, 0.3) is 16.6 Å². The summed E-state index contributed by atoms with van der Waals surface area (Å²) < 4.78 is 2.07. The number of hydrogen-bond acceptors (Lipinski definition) is 4. The summed E-state index contributed by atoms with van der Waals surface area (Å²) >= 11 is 1.48. The molecule has 0 radical (unpaired) electrons. The number of amides is 1. The van der Waals surface area contributed by atoms with Crippen molar-refractivity contribution in [3.63, 3.8) is 0 Å². The predicted octanol–water partition coefficient (Wildman–Crippen LogP) is 5.00. The maximum Gasteiger partial charge on any atom is 0.230 e. The molecule has 162 valence electrons. The summed E-state index contributed by atoms with van der Waals surface area (Å²) in [5.41, 5.74) is 3.45. The summed E-state index contributed by atoms with van der Waals surface area (Å²) in [7, 11) is 0. The number of aromatic nitrogens is 3. The third-order valence-electron chi connectivity index (χ3n) is 8.29. The van der Waals surface area contributed by atoms with Crippen molar-refractivity contribution in [2.24, 2.45) is 23.2 Å². The Morgan fingerprint density at radius 2 is 1.84 bits per heavy atom. The van der Waals surface area contributed by atoms with Crippen molar-refractivity contribution < 1.29 is 4.79 Å². The number of para-hydroxylation sites is 1. The second kappa shape index (κ2) is 7.22. The molecule has 0 saturated heterocycles. The van der Waals surface area contributed by atoms with E-state index < -0.39 is 0 Å². The molecule has 6 heteroatoms. The topological polar surface area (TPSA) is 59.3 Å². The molecule has 4 bridgehead atoms. The van der Waals surface area contributed by atoms with Crippen LogP contribution in [0.1, 0.15) is 51.0 Å².